The Balaban J connectivity index is 1.58. The number of amides is 2. The molecule has 1 saturated heterocycles. The van der Waals surface area contributed by atoms with Crippen molar-refractivity contribution in [2.24, 2.45) is 0 Å². The first-order chi connectivity index (χ1) is 10.9. The molecule has 1 fully saturated rings. The average Bonchev–Trinajstić information content (AvgIpc) is 2.78. The van der Waals surface area contributed by atoms with Gasteiger partial charge in [0.2, 0.25) is 0 Å². The second-order valence-electron chi connectivity index (χ2n) is 5.46. The maximum atomic E-state index is 12.4. The minimum Gasteiger partial charge on any atom is -0.465 e. The van der Waals surface area contributed by atoms with Gasteiger partial charge in [0.15, 0.2) is 6.29 Å². The molecule has 0 aromatic heterocycles. The molecule has 2 heterocycles. The van der Waals surface area contributed by atoms with Gasteiger partial charge in [-0.3, -0.25) is 4.79 Å². The minimum absolute atomic E-state index is 0.153. The number of halogens is 1. The Morgan fingerprint density at radius 1 is 1.43 bits per heavy atom. The van der Waals surface area contributed by atoms with Crippen LogP contribution in [0, 0.1) is 0 Å². The zero-order chi connectivity index (χ0) is 16.6. The molecular formula is C14H16ClN3O5. The van der Waals surface area contributed by atoms with E-state index in [1.165, 1.54) is 0 Å². The number of ether oxygens (including phenoxy) is 2. The van der Waals surface area contributed by atoms with Crippen LogP contribution in [0.2, 0.25) is 5.02 Å². The lowest BCUT2D eigenvalue weighted by atomic mass is 10.1. The molecule has 2 amide bonds. The van der Waals surface area contributed by atoms with Gasteiger partial charge in [0.25, 0.3) is 5.91 Å². The van der Waals surface area contributed by atoms with E-state index in [9.17, 15) is 9.59 Å². The molecule has 8 nitrogen and oxygen atoms in total. The van der Waals surface area contributed by atoms with Gasteiger partial charge in [0, 0.05) is 12.1 Å². The number of carboxylic acid groups (broad SMARTS) is 1. The number of fused-ring (bicyclic) bond motifs is 1. The molecule has 2 aliphatic heterocycles. The number of carbonyl (C=O) groups excluding carboxylic acids is 1. The summed E-state index contributed by atoms with van der Waals surface area (Å²) in [5.74, 6) is -0.153. The van der Waals surface area contributed by atoms with Crippen LogP contribution in [0.25, 0.3) is 0 Å². The Hall–Kier alpha value is -2.03. The Morgan fingerprint density at radius 3 is 2.78 bits per heavy atom. The van der Waals surface area contributed by atoms with Crippen molar-refractivity contribution in [2.45, 2.75) is 18.9 Å². The van der Waals surface area contributed by atoms with E-state index in [1.807, 2.05) is 0 Å². The van der Waals surface area contributed by atoms with Crippen LogP contribution in [0.15, 0.2) is 12.1 Å². The van der Waals surface area contributed by atoms with Crippen LogP contribution in [0.4, 0.5) is 10.5 Å². The number of anilines is 1. The van der Waals surface area contributed by atoms with Crippen LogP contribution in [-0.4, -0.2) is 54.1 Å². The summed E-state index contributed by atoms with van der Waals surface area (Å²) >= 11 is 5.95. The number of hydrogen-bond donors (Lipinski definition) is 3. The summed E-state index contributed by atoms with van der Waals surface area (Å²) in [5.41, 5.74) is 7.55. The number of nitrogens with one attached hydrogen (secondary N) is 1. The van der Waals surface area contributed by atoms with Gasteiger partial charge in [0.05, 0.1) is 36.5 Å². The van der Waals surface area contributed by atoms with Crippen LogP contribution < -0.4 is 11.1 Å². The van der Waals surface area contributed by atoms with Crippen molar-refractivity contribution < 1.29 is 24.2 Å². The third kappa shape index (κ3) is 3.34. The highest BCUT2D eigenvalue weighted by Crippen LogP contribution is 2.30. The van der Waals surface area contributed by atoms with Gasteiger partial charge in [-0.05, 0) is 17.7 Å². The van der Waals surface area contributed by atoms with Gasteiger partial charge in [-0.25, -0.2) is 4.79 Å². The molecule has 0 atom stereocenters. The number of rotatable bonds is 3. The molecule has 4 N–H and O–H groups in total. The lowest BCUT2D eigenvalue weighted by Gasteiger charge is -2.31. The average molecular weight is 342 g/mol. The fourth-order valence-corrected chi connectivity index (χ4v) is 2.81. The SMILES string of the molecule is Nc1cc2c(cc1Cl)C(=O)N(CC1OCC(NC(=O)O)CO1)C2. The topological polar surface area (TPSA) is 114 Å². The minimum atomic E-state index is -1.12. The fraction of sp³-hybridized carbons (Fsp3) is 0.429. The first-order valence-electron chi connectivity index (χ1n) is 7.04. The van der Waals surface area contributed by atoms with E-state index in [0.29, 0.717) is 22.8 Å². The van der Waals surface area contributed by atoms with Gasteiger partial charge in [-0.1, -0.05) is 11.6 Å². The Morgan fingerprint density at radius 2 is 2.13 bits per heavy atom. The van der Waals surface area contributed by atoms with Crippen molar-refractivity contribution in [1.29, 1.82) is 0 Å². The number of nitrogen functional groups attached to an aromatic ring is 1. The molecule has 1 aromatic rings. The molecule has 0 unspecified atom stereocenters. The predicted octanol–water partition coefficient (Wildman–Crippen LogP) is 0.887. The zero-order valence-corrected chi connectivity index (χ0v) is 12.9. The summed E-state index contributed by atoms with van der Waals surface area (Å²) in [6.07, 6.45) is -1.71. The molecule has 0 saturated carbocycles. The van der Waals surface area contributed by atoms with Crippen molar-refractivity contribution >= 4 is 29.3 Å². The third-order valence-electron chi connectivity index (χ3n) is 3.77. The van der Waals surface area contributed by atoms with E-state index in [1.54, 1.807) is 17.0 Å². The lowest BCUT2D eigenvalue weighted by molar-refractivity contribution is -0.193. The number of hydrogen-bond acceptors (Lipinski definition) is 5. The van der Waals surface area contributed by atoms with E-state index in [-0.39, 0.29) is 25.7 Å². The largest absolute Gasteiger partial charge is 0.465 e. The summed E-state index contributed by atoms with van der Waals surface area (Å²) < 4.78 is 10.9. The summed E-state index contributed by atoms with van der Waals surface area (Å²) in [5, 5.41) is 11.3. The highest BCUT2D eigenvalue weighted by molar-refractivity contribution is 6.33. The number of nitrogens with zero attached hydrogens (tertiary/aromatic N) is 1. The number of benzene rings is 1. The fourth-order valence-electron chi connectivity index (χ4n) is 2.65. The van der Waals surface area contributed by atoms with E-state index in [2.05, 4.69) is 5.32 Å². The normalized spacial score (nSPS) is 23.7. The van der Waals surface area contributed by atoms with Crippen molar-refractivity contribution in [3.63, 3.8) is 0 Å². The highest BCUT2D eigenvalue weighted by Gasteiger charge is 2.32. The highest BCUT2D eigenvalue weighted by atomic mass is 35.5. The summed E-state index contributed by atoms with van der Waals surface area (Å²) in [6, 6.07) is 2.86. The number of nitrogens with two attached hydrogens (primary N) is 1. The van der Waals surface area contributed by atoms with Crippen LogP contribution >= 0.6 is 11.6 Å². The summed E-state index contributed by atoms with van der Waals surface area (Å²) in [6.45, 7) is 1.07. The van der Waals surface area contributed by atoms with E-state index >= 15 is 0 Å². The molecule has 1 aromatic carbocycles. The summed E-state index contributed by atoms with van der Waals surface area (Å²) in [7, 11) is 0. The maximum Gasteiger partial charge on any atom is 0.405 e. The standard InChI is InChI=1S/C14H16ClN3O5/c15-10-2-9-7(1-11(10)16)3-18(13(9)19)4-12-22-5-8(6-23-12)17-14(20)21/h1-2,8,12,17H,3-6,16H2,(H,20,21). The lowest BCUT2D eigenvalue weighted by Crippen LogP contribution is -2.49. The van der Waals surface area contributed by atoms with Crippen molar-refractivity contribution in [1.82, 2.24) is 10.2 Å². The molecular weight excluding hydrogens is 326 g/mol. The first kappa shape index (κ1) is 15.9. The molecule has 0 bridgehead atoms. The summed E-state index contributed by atoms with van der Waals surface area (Å²) in [4.78, 5) is 24.5. The molecule has 9 heteroatoms. The van der Waals surface area contributed by atoms with Crippen LogP contribution in [0.1, 0.15) is 15.9 Å². The molecule has 0 aliphatic carbocycles. The molecule has 124 valence electrons. The first-order valence-corrected chi connectivity index (χ1v) is 7.41. The monoisotopic (exact) mass is 341 g/mol. The van der Waals surface area contributed by atoms with Crippen LogP contribution in [0.3, 0.4) is 0 Å². The second-order valence-corrected chi connectivity index (χ2v) is 5.87. The van der Waals surface area contributed by atoms with Gasteiger partial charge in [0.1, 0.15) is 0 Å². The molecule has 2 aliphatic rings. The molecule has 0 radical (unpaired) electrons. The van der Waals surface area contributed by atoms with Gasteiger partial charge >= 0.3 is 6.09 Å². The zero-order valence-electron chi connectivity index (χ0n) is 12.1. The van der Waals surface area contributed by atoms with Crippen molar-refractivity contribution in [2.75, 3.05) is 25.5 Å². The quantitative estimate of drug-likeness (QED) is 0.703. The third-order valence-corrected chi connectivity index (χ3v) is 4.09. The predicted molar refractivity (Wildman–Crippen MR) is 81.2 cm³/mol. The van der Waals surface area contributed by atoms with E-state index in [0.717, 1.165) is 5.56 Å². The number of carbonyl (C=O) groups is 2. The molecule has 0 spiro atoms. The van der Waals surface area contributed by atoms with Crippen molar-refractivity contribution in [3.05, 3.63) is 28.3 Å². The smallest absolute Gasteiger partial charge is 0.405 e. The van der Waals surface area contributed by atoms with Crippen LogP contribution in [-0.2, 0) is 16.0 Å². The molecule has 3 rings (SSSR count). The van der Waals surface area contributed by atoms with Gasteiger partial charge < -0.3 is 30.5 Å². The maximum absolute atomic E-state index is 12.4. The van der Waals surface area contributed by atoms with Gasteiger partial charge in [-0.15, -0.1) is 0 Å². The molecule has 23 heavy (non-hydrogen) atoms. The van der Waals surface area contributed by atoms with Crippen LogP contribution in [0.5, 0.6) is 0 Å². The van der Waals surface area contributed by atoms with E-state index in [4.69, 9.17) is 31.9 Å². The Bertz CT molecular complexity index is 646. The Kier molecular flexibility index (Phi) is 4.29. The second kappa shape index (κ2) is 6.23. The van der Waals surface area contributed by atoms with Gasteiger partial charge in [-0.2, -0.15) is 0 Å². The van der Waals surface area contributed by atoms with Crippen molar-refractivity contribution in [3.8, 4) is 0 Å². The Labute approximate surface area is 137 Å². The van der Waals surface area contributed by atoms with E-state index < -0.39 is 18.4 Å².